The van der Waals surface area contributed by atoms with Gasteiger partial charge in [-0.15, -0.1) is 0 Å². The predicted octanol–water partition coefficient (Wildman–Crippen LogP) is 7.66. The average Bonchev–Trinajstić information content (AvgIpc) is 2.85. The maximum absolute atomic E-state index is 10.9. The summed E-state index contributed by atoms with van der Waals surface area (Å²) in [7, 11) is -4.58. The van der Waals surface area contributed by atoms with Crippen molar-refractivity contribution >= 4 is 10.4 Å². The molecule has 0 aromatic heterocycles. The third-order valence-electron chi connectivity index (χ3n) is 7.63. The monoisotopic (exact) mass is 554 g/mol. The molecule has 0 saturated carbocycles. The van der Waals surface area contributed by atoms with Crippen molar-refractivity contribution in [1.82, 2.24) is 0 Å². The van der Waals surface area contributed by atoms with E-state index in [1.807, 2.05) is 0 Å². The zero-order chi connectivity index (χ0) is 26.6. The normalized spacial score (nSPS) is 12.5. The van der Waals surface area contributed by atoms with Gasteiger partial charge in [-0.25, -0.2) is 8.42 Å². The van der Waals surface area contributed by atoms with Crippen LogP contribution in [0, 0.1) is 5.92 Å². The Kier molecular flexibility index (Phi) is 34.0. The van der Waals surface area contributed by atoms with E-state index in [-0.39, 0.29) is 42.1 Å². The fraction of sp³-hybridized carbons (Fsp3) is 1.00. The molecule has 0 saturated heterocycles. The van der Waals surface area contributed by atoms with E-state index in [1.165, 1.54) is 148 Å². The molecular weight excluding hydrogens is 491 g/mol. The van der Waals surface area contributed by atoms with Crippen LogP contribution in [0.5, 0.6) is 0 Å². The molecule has 218 valence electrons. The molecule has 0 aromatic carbocycles. The Morgan fingerprint density at radius 1 is 0.486 bits per heavy atom. The number of rotatable bonds is 30. The number of hydrogen-bond acceptors (Lipinski definition) is 4. The van der Waals surface area contributed by atoms with Gasteiger partial charge in [0.15, 0.2) is 0 Å². The summed E-state index contributed by atoms with van der Waals surface area (Å²) in [5.41, 5.74) is 0. The van der Waals surface area contributed by atoms with Gasteiger partial charge in [0.1, 0.15) is 0 Å². The van der Waals surface area contributed by atoms with E-state index >= 15 is 0 Å². The predicted molar refractivity (Wildman–Crippen MR) is 155 cm³/mol. The maximum Gasteiger partial charge on any atom is 1.00 e. The van der Waals surface area contributed by atoms with Crippen LogP contribution < -0.4 is 29.6 Å². The molecule has 0 amide bonds. The molecule has 0 fully saturated rings. The van der Waals surface area contributed by atoms with E-state index in [0.29, 0.717) is 0 Å². The van der Waals surface area contributed by atoms with Crippen LogP contribution in [0.1, 0.15) is 187 Å². The second-order valence-electron chi connectivity index (χ2n) is 11.3. The first-order valence-electron chi connectivity index (χ1n) is 16.1. The van der Waals surface area contributed by atoms with Crippen molar-refractivity contribution in [3.63, 3.8) is 0 Å². The van der Waals surface area contributed by atoms with Crippen LogP contribution in [0.4, 0.5) is 0 Å². The molecule has 6 heteroatoms. The summed E-state index contributed by atoms with van der Waals surface area (Å²) in [5, 5.41) is 0. The second kappa shape index (κ2) is 31.4. The summed E-state index contributed by atoms with van der Waals surface area (Å²) in [4.78, 5) is 0. The molecule has 0 spiro atoms. The minimum absolute atomic E-state index is 0. The smallest absolute Gasteiger partial charge is 0.726 e. The Hall–Kier alpha value is 0.870. The molecule has 1 unspecified atom stereocenters. The van der Waals surface area contributed by atoms with Crippen LogP contribution in [0.25, 0.3) is 0 Å². The average molecular weight is 555 g/mol. The summed E-state index contributed by atoms with van der Waals surface area (Å²) >= 11 is 0. The molecule has 4 nitrogen and oxygen atoms in total. The van der Waals surface area contributed by atoms with Crippen LogP contribution >= 0.6 is 0 Å². The van der Waals surface area contributed by atoms with Crippen molar-refractivity contribution in [2.24, 2.45) is 5.92 Å². The van der Waals surface area contributed by atoms with E-state index in [9.17, 15) is 13.0 Å². The first-order chi connectivity index (χ1) is 17.5. The topological polar surface area (TPSA) is 66.4 Å². The Bertz CT molecular complexity index is 527. The SMILES string of the molecule is CCCCCCCCCCCCCCCCCCCC(CCCCCCCCCC)COS(=O)(=O)[O-].[Na+]. The summed E-state index contributed by atoms with van der Waals surface area (Å²) in [6.07, 6.45) is 35.2. The molecule has 0 radical (unpaired) electrons. The number of unbranched alkanes of at least 4 members (excludes halogenated alkanes) is 23. The number of hydrogen-bond donors (Lipinski definition) is 0. The van der Waals surface area contributed by atoms with Gasteiger partial charge in [0, 0.05) is 0 Å². The standard InChI is InChI=1S/C31H64O4S.Na/c1-3-5-7-9-11-13-14-15-16-17-18-19-20-21-23-25-27-29-31(30-35-36(32,33)34)28-26-24-22-12-10-8-6-4-2;/h31H,3-30H2,1-2H3,(H,32,33,34);/q;+1/p-1. The van der Waals surface area contributed by atoms with Gasteiger partial charge in [-0.2, -0.15) is 0 Å². The molecule has 0 N–H and O–H groups in total. The van der Waals surface area contributed by atoms with Crippen LogP contribution in [0.3, 0.4) is 0 Å². The van der Waals surface area contributed by atoms with Gasteiger partial charge >= 0.3 is 29.6 Å². The van der Waals surface area contributed by atoms with Gasteiger partial charge in [0.05, 0.1) is 6.61 Å². The van der Waals surface area contributed by atoms with E-state index < -0.39 is 10.4 Å². The van der Waals surface area contributed by atoms with Crippen LogP contribution in [0.2, 0.25) is 0 Å². The summed E-state index contributed by atoms with van der Waals surface area (Å²) in [6.45, 7) is 4.59. The zero-order valence-corrected chi connectivity index (χ0v) is 28.2. The van der Waals surface area contributed by atoms with Crippen molar-refractivity contribution in [3.8, 4) is 0 Å². The minimum atomic E-state index is -4.58. The Morgan fingerprint density at radius 3 is 0.973 bits per heavy atom. The third-order valence-corrected chi connectivity index (χ3v) is 8.05. The van der Waals surface area contributed by atoms with Crippen molar-refractivity contribution in [2.75, 3.05) is 6.61 Å². The molecule has 0 bridgehead atoms. The molecule has 0 aliphatic rings. The molecule has 0 rings (SSSR count). The van der Waals surface area contributed by atoms with Gasteiger partial charge in [0.2, 0.25) is 10.4 Å². The van der Waals surface area contributed by atoms with Crippen molar-refractivity contribution < 1.29 is 46.7 Å². The molecule has 37 heavy (non-hydrogen) atoms. The van der Waals surface area contributed by atoms with Crippen molar-refractivity contribution in [3.05, 3.63) is 0 Å². The minimum Gasteiger partial charge on any atom is -0.726 e. The van der Waals surface area contributed by atoms with E-state index in [1.54, 1.807) is 0 Å². The first-order valence-corrected chi connectivity index (χ1v) is 17.4. The largest absolute Gasteiger partial charge is 1.00 e. The summed E-state index contributed by atoms with van der Waals surface area (Å²) < 4.78 is 37.3. The van der Waals surface area contributed by atoms with Crippen LogP contribution in [-0.2, 0) is 14.6 Å². The maximum atomic E-state index is 10.9. The van der Waals surface area contributed by atoms with Crippen LogP contribution in [0.15, 0.2) is 0 Å². The molecule has 1 atom stereocenters. The van der Waals surface area contributed by atoms with Gasteiger partial charge in [-0.05, 0) is 18.8 Å². The quantitative estimate of drug-likeness (QED) is 0.0396. The zero-order valence-electron chi connectivity index (χ0n) is 25.4. The van der Waals surface area contributed by atoms with Gasteiger partial charge in [0.25, 0.3) is 0 Å². The third kappa shape index (κ3) is 34.8. The van der Waals surface area contributed by atoms with Gasteiger partial charge in [-0.1, -0.05) is 174 Å². The molecular formula is C31H63NaO4S. The van der Waals surface area contributed by atoms with Crippen LogP contribution in [-0.4, -0.2) is 19.6 Å². The molecule has 0 aliphatic carbocycles. The van der Waals surface area contributed by atoms with E-state index in [0.717, 1.165) is 25.7 Å². The fourth-order valence-corrected chi connectivity index (χ4v) is 5.57. The van der Waals surface area contributed by atoms with Crippen molar-refractivity contribution in [1.29, 1.82) is 0 Å². The van der Waals surface area contributed by atoms with E-state index in [2.05, 4.69) is 18.0 Å². The first kappa shape index (κ1) is 40.0. The second-order valence-corrected chi connectivity index (χ2v) is 12.3. The van der Waals surface area contributed by atoms with Crippen molar-refractivity contribution in [2.45, 2.75) is 187 Å². The van der Waals surface area contributed by atoms with Gasteiger partial charge < -0.3 is 4.55 Å². The summed E-state index contributed by atoms with van der Waals surface area (Å²) in [6, 6.07) is 0. The molecule has 0 aromatic rings. The molecule has 0 aliphatic heterocycles. The Balaban J connectivity index is 0. The Morgan fingerprint density at radius 2 is 0.730 bits per heavy atom. The molecule has 0 heterocycles. The summed E-state index contributed by atoms with van der Waals surface area (Å²) in [5.74, 6) is 0.199. The van der Waals surface area contributed by atoms with Gasteiger partial charge in [-0.3, -0.25) is 4.18 Å². The Labute approximate surface area is 255 Å². The van der Waals surface area contributed by atoms with E-state index in [4.69, 9.17) is 0 Å². The fourth-order valence-electron chi connectivity index (χ4n) is 5.22.